The van der Waals surface area contributed by atoms with Crippen LogP contribution in [-0.2, 0) is 10.0 Å². The molecule has 3 aromatic rings. The number of sulfonamides is 1. The fourth-order valence-electron chi connectivity index (χ4n) is 4.39. The standard InChI is InChI=1S/C19H23N7O2S/c1-13-4-5-15(29(27,28)25-8-7-24-6-2-3-14(24)11-25)9-16(13)17-10-21-19-18(20)22-12-23-26(17)19/h4-5,9-10,12,14H,2-3,6-8,11H2,1H3,(H2,20,22,23). The van der Waals surface area contributed by atoms with Crippen molar-refractivity contribution in [2.45, 2.75) is 30.7 Å². The molecule has 0 spiro atoms. The van der Waals surface area contributed by atoms with Gasteiger partial charge in [-0.15, -0.1) is 0 Å². The molecule has 2 aromatic heterocycles. The molecule has 1 atom stereocenters. The summed E-state index contributed by atoms with van der Waals surface area (Å²) >= 11 is 0. The molecule has 0 radical (unpaired) electrons. The molecule has 1 aromatic carbocycles. The first-order valence-electron chi connectivity index (χ1n) is 9.74. The average molecular weight is 414 g/mol. The second-order valence-electron chi connectivity index (χ2n) is 7.70. The van der Waals surface area contributed by atoms with Crippen molar-refractivity contribution in [3.63, 3.8) is 0 Å². The molecule has 29 heavy (non-hydrogen) atoms. The summed E-state index contributed by atoms with van der Waals surface area (Å²) in [5, 5.41) is 4.24. The number of piperazine rings is 1. The first-order valence-corrected chi connectivity index (χ1v) is 11.2. The third kappa shape index (κ3) is 2.98. The minimum atomic E-state index is -3.57. The predicted octanol–water partition coefficient (Wildman–Crippen LogP) is 1.15. The Hall–Kier alpha value is -2.56. The van der Waals surface area contributed by atoms with Gasteiger partial charge in [-0.25, -0.2) is 22.9 Å². The molecule has 0 amide bonds. The van der Waals surface area contributed by atoms with Crippen molar-refractivity contribution in [1.29, 1.82) is 0 Å². The number of aryl methyl sites for hydroxylation is 1. The van der Waals surface area contributed by atoms with Crippen LogP contribution < -0.4 is 5.73 Å². The number of imidazole rings is 1. The van der Waals surface area contributed by atoms with Crippen molar-refractivity contribution in [1.82, 2.24) is 28.8 Å². The predicted molar refractivity (Wildman–Crippen MR) is 109 cm³/mol. The summed E-state index contributed by atoms with van der Waals surface area (Å²) < 4.78 is 30.0. The van der Waals surface area contributed by atoms with Crippen molar-refractivity contribution in [3.05, 3.63) is 36.3 Å². The second kappa shape index (κ2) is 6.75. The van der Waals surface area contributed by atoms with Crippen molar-refractivity contribution < 1.29 is 8.42 Å². The molecule has 1 unspecified atom stereocenters. The quantitative estimate of drug-likeness (QED) is 0.686. The zero-order chi connectivity index (χ0) is 20.2. The number of aromatic nitrogens is 4. The van der Waals surface area contributed by atoms with Crippen molar-refractivity contribution in [2.75, 3.05) is 31.9 Å². The number of fused-ring (bicyclic) bond motifs is 2. The number of rotatable bonds is 3. The lowest BCUT2D eigenvalue weighted by Crippen LogP contribution is -2.51. The van der Waals surface area contributed by atoms with Crippen LogP contribution in [0.15, 0.2) is 35.6 Å². The molecule has 2 aliphatic heterocycles. The Morgan fingerprint density at radius 3 is 2.90 bits per heavy atom. The number of nitrogens with two attached hydrogens (primary N) is 1. The summed E-state index contributed by atoms with van der Waals surface area (Å²) in [6, 6.07) is 5.56. The molecule has 5 rings (SSSR count). The van der Waals surface area contributed by atoms with Crippen LogP contribution in [0.1, 0.15) is 18.4 Å². The smallest absolute Gasteiger partial charge is 0.243 e. The minimum Gasteiger partial charge on any atom is -0.381 e. The Balaban J connectivity index is 1.54. The van der Waals surface area contributed by atoms with Gasteiger partial charge in [0.15, 0.2) is 11.5 Å². The highest BCUT2D eigenvalue weighted by Crippen LogP contribution is 2.30. The summed E-state index contributed by atoms with van der Waals surface area (Å²) in [5.74, 6) is 0.280. The van der Waals surface area contributed by atoms with Gasteiger partial charge < -0.3 is 5.73 Å². The monoisotopic (exact) mass is 413 g/mol. The Bertz CT molecular complexity index is 1190. The van der Waals surface area contributed by atoms with Gasteiger partial charge in [-0.3, -0.25) is 4.90 Å². The summed E-state index contributed by atoms with van der Waals surface area (Å²) in [6.07, 6.45) is 5.22. The lowest BCUT2D eigenvalue weighted by atomic mass is 10.1. The number of benzene rings is 1. The molecule has 4 heterocycles. The maximum absolute atomic E-state index is 13.4. The maximum atomic E-state index is 13.4. The van der Waals surface area contributed by atoms with E-state index in [1.165, 1.54) is 6.33 Å². The zero-order valence-electron chi connectivity index (χ0n) is 16.2. The Morgan fingerprint density at radius 2 is 2.03 bits per heavy atom. The largest absolute Gasteiger partial charge is 0.381 e. The van der Waals surface area contributed by atoms with Gasteiger partial charge in [0.05, 0.1) is 16.8 Å². The van der Waals surface area contributed by atoms with Gasteiger partial charge >= 0.3 is 0 Å². The molecule has 0 saturated carbocycles. The van der Waals surface area contributed by atoms with E-state index in [1.54, 1.807) is 27.2 Å². The van der Waals surface area contributed by atoms with Gasteiger partial charge in [0.1, 0.15) is 6.33 Å². The number of nitrogens with zero attached hydrogens (tertiary/aromatic N) is 6. The molecule has 2 aliphatic rings. The van der Waals surface area contributed by atoms with E-state index in [2.05, 4.69) is 20.0 Å². The molecule has 9 nitrogen and oxygen atoms in total. The first kappa shape index (κ1) is 18.5. The molecule has 2 fully saturated rings. The summed E-state index contributed by atoms with van der Waals surface area (Å²) in [4.78, 5) is 11.0. The van der Waals surface area contributed by atoms with Gasteiger partial charge in [-0.2, -0.15) is 9.40 Å². The normalized spacial score (nSPS) is 20.9. The highest BCUT2D eigenvalue weighted by atomic mass is 32.2. The fourth-order valence-corrected chi connectivity index (χ4v) is 5.88. The lowest BCUT2D eigenvalue weighted by Gasteiger charge is -2.36. The molecule has 152 valence electrons. The van der Waals surface area contributed by atoms with E-state index in [-0.39, 0.29) is 5.82 Å². The molecule has 10 heteroatoms. The summed E-state index contributed by atoms with van der Waals surface area (Å²) in [7, 11) is -3.57. The van der Waals surface area contributed by atoms with E-state index in [0.29, 0.717) is 35.4 Å². The highest BCUT2D eigenvalue weighted by molar-refractivity contribution is 7.89. The highest BCUT2D eigenvalue weighted by Gasteiger charge is 2.36. The third-order valence-electron chi connectivity index (χ3n) is 6.00. The van der Waals surface area contributed by atoms with Gasteiger partial charge in [0.25, 0.3) is 0 Å². The van der Waals surface area contributed by atoms with Gasteiger partial charge in [0, 0.05) is 31.2 Å². The molecular formula is C19H23N7O2S. The number of hydrogen-bond donors (Lipinski definition) is 1. The second-order valence-corrected chi connectivity index (χ2v) is 9.63. The molecule has 2 saturated heterocycles. The van der Waals surface area contributed by atoms with Gasteiger partial charge in [-0.05, 0) is 44.0 Å². The fraction of sp³-hybridized carbons (Fsp3) is 0.421. The van der Waals surface area contributed by atoms with E-state index in [1.807, 2.05) is 13.0 Å². The van der Waals surface area contributed by atoms with Crippen molar-refractivity contribution in [3.8, 4) is 11.3 Å². The molecule has 2 N–H and O–H groups in total. The minimum absolute atomic E-state index is 0.280. The number of anilines is 1. The van der Waals surface area contributed by atoms with Crippen LogP contribution in [0, 0.1) is 6.92 Å². The van der Waals surface area contributed by atoms with Crippen LogP contribution >= 0.6 is 0 Å². The third-order valence-corrected chi connectivity index (χ3v) is 7.86. The first-order chi connectivity index (χ1) is 13.9. The zero-order valence-corrected chi connectivity index (χ0v) is 17.0. The Morgan fingerprint density at radius 1 is 1.17 bits per heavy atom. The van der Waals surface area contributed by atoms with E-state index in [0.717, 1.165) is 37.1 Å². The van der Waals surface area contributed by atoms with E-state index < -0.39 is 10.0 Å². The van der Waals surface area contributed by atoms with E-state index in [9.17, 15) is 8.42 Å². The molecule has 0 bridgehead atoms. The van der Waals surface area contributed by atoms with Crippen LogP contribution in [0.5, 0.6) is 0 Å². The molecular weight excluding hydrogens is 390 g/mol. The maximum Gasteiger partial charge on any atom is 0.243 e. The lowest BCUT2D eigenvalue weighted by molar-refractivity contribution is 0.158. The van der Waals surface area contributed by atoms with Crippen LogP contribution in [0.3, 0.4) is 0 Å². The number of hydrogen-bond acceptors (Lipinski definition) is 7. The average Bonchev–Trinajstić information content (AvgIpc) is 3.35. The van der Waals surface area contributed by atoms with E-state index in [4.69, 9.17) is 5.73 Å². The van der Waals surface area contributed by atoms with Gasteiger partial charge in [-0.1, -0.05) is 6.07 Å². The van der Waals surface area contributed by atoms with Crippen LogP contribution in [-0.4, -0.2) is 69.4 Å². The summed E-state index contributed by atoms with van der Waals surface area (Å²) in [5.41, 5.74) is 8.71. The summed E-state index contributed by atoms with van der Waals surface area (Å²) in [6.45, 7) is 4.90. The van der Waals surface area contributed by atoms with Crippen LogP contribution in [0.2, 0.25) is 0 Å². The van der Waals surface area contributed by atoms with Crippen LogP contribution in [0.4, 0.5) is 5.82 Å². The van der Waals surface area contributed by atoms with Gasteiger partial charge in [0.2, 0.25) is 10.0 Å². The van der Waals surface area contributed by atoms with Crippen molar-refractivity contribution in [2.24, 2.45) is 0 Å². The topological polar surface area (TPSA) is 110 Å². The van der Waals surface area contributed by atoms with Crippen molar-refractivity contribution >= 4 is 21.5 Å². The SMILES string of the molecule is Cc1ccc(S(=O)(=O)N2CCN3CCCC3C2)cc1-c1cnc2c(N)ncnn12. The Labute approximate surface area is 169 Å². The van der Waals surface area contributed by atoms with E-state index >= 15 is 0 Å². The Kier molecular flexibility index (Phi) is 4.30. The molecule has 0 aliphatic carbocycles. The van der Waals surface area contributed by atoms with Crippen LogP contribution in [0.25, 0.3) is 16.9 Å². The number of nitrogen functional groups attached to an aromatic ring is 1.